The van der Waals surface area contributed by atoms with E-state index in [0.717, 1.165) is 37.9 Å². The number of benzene rings is 2. The van der Waals surface area contributed by atoms with Crippen LogP contribution in [-0.2, 0) is 11.2 Å². The van der Waals surface area contributed by atoms with Crippen LogP contribution in [0.1, 0.15) is 28.9 Å². The molecule has 0 unspecified atom stereocenters. The van der Waals surface area contributed by atoms with E-state index in [1.807, 2.05) is 41.3 Å². The Morgan fingerprint density at radius 2 is 1.67 bits per heavy atom. The fraction of sp³-hybridized carbons (Fsp3) is 0.292. The summed E-state index contributed by atoms with van der Waals surface area (Å²) in [6.07, 6.45) is 3.02. The molecule has 1 N–H and O–H groups in total. The Bertz CT molecular complexity index is 977. The average molecular weight is 403 g/mol. The van der Waals surface area contributed by atoms with E-state index in [1.165, 1.54) is 5.56 Å². The van der Waals surface area contributed by atoms with Gasteiger partial charge < -0.3 is 14.7 Å². The summed E-state index contributed by atoms with van der Waals surface area (Å²) in [5, 5.41) is 6.48. The number of carbonyl (C=O) groups is 2. The first-order valence-corrected chi connectivity index (χ1v) is 10.3. The maximum absolute atomic E-state index is 12.5. The molecule has 0 spiro atoms. The number of amides is 2. The van der Waals surface area contributed by atoms with Crippen LogP contribution in [0.2, 0.25) is 0 Å². The second-order valence-corrected chi connectivity index (χ2v) is 7.64. The number of nitrogens with zero attached hydrogens (tertiary/aromatic N) is 2. The summed E-state index contributed by atoms with van der Waals surface area (Å²) in [6.45, 7) is 1.43. The van der Waals surface area contributed by atoms with E-state index in [1.54, 1.807) is 6.07 Å². The van der Waals surface area contributed by atoms with Gasteiger partial charge in [0, 0.05) is 24.7 Å². The number of carbonyl (C=O) groups excluding carboxylic acids is 2. The quantitative estimate of drug-likeness (QED) is 0.683. The largest absolute Gasteiger partial charge is 0.355 e. The predicted octanol–water partition coefficient (Wildman–Crippen LogP) is 3.55. The Kier molecular flexibility index (Phi) is 6.23. The van der Waals surface area contributed by atoms with Crippen LogP contribution in [0.3, 0.4) is 0 Å². The summed E-state index contributed by atoms with van der Waals surface area (Å²) in [5.74, 6) is 0.645. The number of rotatable bonds is 6. The molecule has 0 aliphatic carbocycles. The van der Waals surface area contributed by atoms with Gasteiger partial charge in [0.15, 0.2) is 11.5 Å². The van der Waals surface area contributed by atoms with Crippen molar-refractivity contribution >= 4 is 11.8 Å². The molecule has 0 atom stereocenters. The lowest BCUT2D eigenvalue weighted by Crippen LogP contribution is -2.44. The summed E-state index contributed by atoms with van der Waals surface area (Å²) >= 11 is 0. The third kappa shape index (κ3) is 4.95. The molecule has 4 rings (SSSR count). The fourth-order valence-electron chi connectivity index (χ4n) is 3.81. The maximum atomic E-state index is 12.5. The molecule has 3 aromatic rings. The third-order valence-corrected chi connectivity index (χ3v) is 5.54. The first-order chi connectivity index (χ1) is 14.7. The Morgan fingerprint density at radius 3 is 2.37 bits per heavy atom. The van der Waals surface area contributed by atoms with E-state index in [4.69, 9.17) is 4.52 Å². The van der Waals surface area contributed by atoms with Crippen LogP contribution in [0.25, 0.3) is 11.3 Å². The van der Waals surface area contributed by atoms with Crippen LogP contribution < -0.4 is 5.32 Å². The Balaban J connectivity index is 1.23. The van der Waals surface area contributed by atoms with Gasteiger partial charge in [-0.3, -0.25) is 9.59 Å². The average Bonchev–Trinajstić information content (AvgIpc) is 3.30. The van der Waals surface area contributed by atoms with E-state index in [2.05, 4.69) is 34.7 Å². The third-order valence-electron chi connectivity index (χ3n) is 5.54. The zero-order chi connectivity index (χ0) is 20.8. The first kappa shape index (κ1) is 19.9. The van der Waals surface area contributed by atoms with Crippen molar-refractivity contribution in [3.8, 4) is 11.3 Å². The molecule has 1 aliphatic heterocycles. The van der Waals surface area contributed by atoms with E-state index in [9.17, 15) is 9.59 Å². The maximum Gasteiger partial charge on any atom is 0.273 e. The summed E-state index contributed by atoms with van der Waals surface area (Å²) in [5.41, 5.74) is 2.36. The molecule has 1 fully saturated rings. The van der Waals surface area contributed by atoms with Crippen LogP contribution in [-0.4, -0.2) is 41.5 Å². The van der Waals surface area contributed by atoms with Gasteiger partial charge in [0.2, 0.25) is 5.91 Å². The van der Waals surface area contributed by atoms with Crippen LogP contribution in [0.4, 0.5) is 0 Å². The van der Waals surface area contributed by atoms with E-state index in [0.29, 0.717) is 11.7 Å². The molecule has 6 heteroatoms. The van der Waals surface area contributed by atoms with Crippen molar-refractivity contribution < 1.29 is 14.1 Å². The van der Waals surface area contributed by atoms with Crippen molar-refractivity contribution in [2.45, 2.75) is 19.3 Å². The Morgan fingerprint density at radius 1 is 1.00 bits per heavy atom. The summed E-state index contributed by atoms with van der Waals surface area (Å²) in [4.78, 5) is 26.7. The number of hydrogen-bond donors (Lipinski definition) is 1. The Labute approximate surface area is 175 Å². The van der Waals surface area contributed by atoms with E-state index >= 15 is 0 Å². The lowest BCUT2D eigenvalue weighted by molar-refractivity contribution is -0.131. The van der Waals surface area contributed by atoms with Gasteiger partial charge in [0.05, 0.1) is 6.54 Å². The van der Waals surface area contributed by atoms with Crippen LogP contribution in [0.15, 0.2) is 71.3 Å². The minimum Gasteiger partial charge on any atom is -0.355 e. The van der Waals surface area contributed by atoms with Gasteiger partial charge in [-0.25, -0.2) is 0 Å². The molecule has 1 saturated heterocycles. The highest BCUT2D eigenvalue weighted by Gasteiger charge is 2.23. The van der Waals surface area contributed by atoms with Gasteiger partial charge in [-0.15, -0.1) is 0 Å². The molecule has 2 amide bonds. The molecule has 0 radical (unpaired) electrons. The second-order valence-electron chi connectivity index (χ2n) is 7.64. The highest BCUT2D eigenvalue weighted by molar-refractivity contribution is 5.95. The summed E-state index contributed by atoms with van der Waals surface area (Å²) in [7, 11) is 0. The molecule has 30 heavy (non-hydrogen) atoms. The van der Waals surface area contributed by atoms with Crippen molar-refractivity contribution in [3.63, 3.8) is 0 Å². The van der Waals surface area contributed by atoms with Crippen molar-refractivity contribution in [2.75, 3.05) is 19.6 Å². The SMILES string of the molecule is O=C(NCC(=O)N1CCC(Cc2ccccc2)CC1)c1cc(-c2ccccc2)on1. The molecule has 1 aromatic heterocycles. The summed E-state index contributed by atoms with van der Waals surface area (Å²) < 4.78 is 5.25. The van der Waals surface area contributed by atoms with Crippen molar-refractivity contribution in [1.29, 1.82) is 0 Å². The number of likely N-dealkylation sites (tertiary alicyclic amines) is 1. The lowest BCUT2D eigenvalue weighted by Gasteiger charge is -2.32. The molecule has 2 aromatic carbocycles. The first-order valence-electron chi connectivity index (χ1n) is 10.3. The van der Waals surface area contributed by atoms with E-state index < -0.39 is 5.91 Å². The highest BCUT2D eigenvalue weighted by Crippen LogP contribution is 2.22. The van der Waals surface area contributed by atoms with Gasteiger partial charge in [-0.05, 0) is 30.7 Å². The Hall–Kier alpha value is -3.41. The molecule has 0 bridgehead atoms. The second kappa shape index (κ2) is 9.39. The molecule has 154 valence electrons. The molecule has 0 saturated carbocycles. The number of piperidine rings is 1. The van der Waals surface area contributed by atoms with Crippen molar-refractivity contribution in [2.24, 2.45) is 5.92 Å². The molecular weight excluding hydrogens is 378 g/mol. The lowest BCUT2D eigenvalue weighted by atomic mass is 9.90. The zero-order valence-electron chi connectivity index (χ0n) is 16.8. The predicted molar refractivity (Wildman–Crippen MR) is 114 cm³/mol. The van der Waals surface area contributed by atoms with Gasteiger partial charge in [0.25, 0.3) is 5.91 Å². The molecule has 2 heterocycles. The van der Waals surface area contributed by atoms with Crippen molar-refractivity contribution in [1.82, 2.24) is 15.4 Å². The van der Waals surface area contributed by atoms with Crippen LogP contribution >= 0.6 is 0 Å². The van der Waals surface area contributed by atoms with Gasteiger partial charge in [0.1, 0.15) is 0 Å². The molecule has 6 nitrogen and oxygen atoms in total. The number of nitrogens with one attached hydrogen (secondary N) is 1. The van der Waals surface area contributed by atoms with Gasteiger partial charge in [-0.1, -0.05) is 65.8 Å². The normalized spacial score (nSPS) is 14.5. The fourth-order valence-corrected chi connectivity index (χ4v) is 3.81. The topological polar surface area (TPSA) is 75.4 Å². The number of hydrogen-bond acceptors (Lipinski definition) is 4. The molecular formula is C24H25N3O3. The molecule has 1 aliphatic rings. The number of aromatic nitrogens is 1. The smallest absolute Gasteiger partial charge is 0.273 e. The van der Waals surface area contributed by atoms with Gasteiger partial charge in [-0.2, -0.15) is 0 Å². The summed E-state index contributed by atoms with van der Waals surface area (Å²) in [6, 6.07) is 21.5. The standard InChI is InChI=1S/C24H25N3O3/c28-23(27-13-11-19(12-14-27)15-18-7-3-1-4-8-18)17-25-24(29)21-16-22(30-26-21)20-9-5-2-6-10-20/h1-10,16,19H,11-15,17H2,(H,25,29). The van der Waals surface area contributed by atoms with Crippen LogP contribution in [0, 0.1) is 5.92 Å². The highest BCUT2D eigenvalue weighted by atomic mass is 16.5. The minimum absolute atomic E-state index is 0.0320. The minimum atomic E-state index is -0.409. The monoisotopic (exact) mass is 403 g/mol. The van der Waals surface area contributed by atoms with Gasteiger partial charge >= 0.3 is 0 Å². The zero-order valence-corrected chi connectivity index (χ0v) is 16.8. The van der Waals surface area contributed by atoms with Crippen molar-refractivity contribution in [3.05, 3.63) is 78.0 Å². The van der Waals surface area contributed by atoms with E-state index in [-0.39, 0.29) is 18.1 Å². The van der Waals surface area contributed by atoms with Crippen LogP contribution in [0.5, 0.6) is 0 Å².